The third-order valence-electron chi connectivity index (χ3n) is 1.96. The summed E-state index contributed by atoms with van der Waals surface area (Å²) >= 11 is 0. The summed E-state index contributed by atoms with van der Waals surface area (Å²) in [5, 5.41) is 8.92. The Morgan fingerprint density at radius 2 is 2.00 bits per heavy atom. The van der Waals surface area contributed by atoms with Gasteiger partial charge in [0.25, 0.3) is 0 Å². The van der Waals surface area contributed by atoms with E-state index in [0.717, 1.165) is 19.6 Å². The fourth-order valence-corrected chi connectivity index (χ4v) is 3.27. The van der Waals surface area contributed by atoms with Gasteiger partial charge in [-0.15, -0.1) is 6.58 Å². The van der Waals surface area contributed by atoms with Crippen molar-refractivity contribution < 1.29 is 5.11 Å². The Balaban J connectivity index is 4.26. The Morgan fingerprint density at radius 1 is 1.40 bits per heavy atom. The van der Waals surface area contributed by atoms with Crippen molar-refractivity contribution in [2.75, 3.05) is 26.2 Å². The monoisotopic (exact) mass is 227 g/mol. The molecule has 0 bridgehead atoms. The van der Waals surface area contributed by atoms with Gasteiger partial charge in [0.05, 0.1) is 14.7 Å². The molecule has 88 valence electrons. The maximum absolute atomic E-state index is 8.92. The van der Waals surface area contributed by atoms with Crippen LogP contribution < -0.4 is 0 Å². The molecule has 0 aliphatic heterocycles. The van der Waals surface area contributed by atoms with E-state index in [0.29, 0.717) is 0 Å². The first-order valence-electron chi connectivity index (χ1n) is 5.51. The molecule has 0 radical (unpaired) electrons. The predicted molar refractivity (Wildman–Crippen MR) is 70.8 cm³/mol. The highest BCUT2D eigenvalue weighted by Gasteiger charge is 2.10. The van der Waals surface area contributed by atoms with E-state index in [2.05, 4.69) is 43.7 Å². The molecular weight excluding hydrogens is 202 g/mol. The number of nitrogens with zero attached hydrogens (tertiary/aromatic N) is 1. The third kappa shape index (κ3) is 8.60. The molecule has 0 aliphatic carbocycles. The van der Waals surface area contributed by atoms with Gasteiger partial charge in [0.1, 0.15) is 0 Å². The van der Waals surface area contributed by atoms with E-state index in [-0.39, 0.29) is 6.61 Å². The summed E-state index contributed by atoms with van der Waals surface area (Å²) in [6, 6.07) is 0. The molecule has 0 saturated carbocycles. The standard InChI is InChI=1S/C12H25NOSi/c1-6-7-13(8-9-14)10-12(2)11-15(3,4)5/h6,11,14H,1,7-10H2,2-5H3/b12-11+. The van der Waals surface area contributed by atoms with Crippen LogP contribution in [0.4, 0.5) is 0 Å². The van der Waals surface area contributed by atoms with Gasteiger partial charge in [-0.1, -0.05) is 37.0 Å². The van der Waals surface area contributed by atoms with Crippen molar-refractivity contribution in [1.29, 1.82) is 0 Å². The van der Waals surface area contributed by atoms with Crippen molar-refractivity contribution in [1.82, 2.24) is 4.90 Å². The molecule has 1 N–H and O–H groups in total. The van der Waals surface area contributed by atoms with Crippen LogP contribution in [-0.4, -0.2) is 44.3 Å². The smallest absolute Gasteiger partial charge is 0.0686 e. The van der Waals surface area contributed by atoms with E-state index in [1.54, 1.807) is 0 Å². The summed E-state index contributed by atoms with van der Waals surface area (Å²) < 4.78 is 0. The summed E-state index contributed by atoms with van der Waals surface area (Å²) in [6.07, 6.45) is 1.89. The minimum absolute atomic E-state index is 0.216. The summed E-state index contributed by atoms with van der Waals surface area (Å²) in [4.78, 5) is 2.21. The lowest BCUT2D eigenvalue weighted by Gasteiger charge is -2.21. The van der Waals surface area contributed by atoms with Gasteiger partial charge in [-0.05, 0) is 6.92 Å². The Hall–Kier alpha value is -0.383. The fourth-order valence-electron chi connectivity index (χ4n) is 1.70. The van der Waals surface area contributed by atoms with E-state index >= 15 is 0 Å². The largest absolute Gasteiger partial charge is 0.395 e. The van der Waals surface area contributed by atoms with Crippen LogP contribution >= 0.6 is 0 Å². The van der Waals surface area contributed by atoms with Gasteiger partial charge in [-0.3, -0.25) is 4.90 Å². The van der Waals surface area contributed by atoms with Crippen molar-refractivity contribution in [2.24, 2.45) is 0 Å². The second-order valence-corrected chi connectivity index (χ2v) is 10.1. The Morgan fingerprint density at radius 3 is 2.40 bits per heavy atom. The molecule has 0 aromatic rings. The molecule has 3 heteroatoms. The molecule has 0 aliphatic rings. The summed E-state index contributed by atoms with van der Waals surface area (Å²) in [6.45, 7) is 15.6. The van der Waals surface area contributed by atoms with Gasteiger partial charge in [-0.25, -0.2) is 0 Å². The van der Waals surface area contributed by atoms with E-state index in [1.165, 1.54) is 5.57 Å². The first-order chi connectivity index (χ1) is 6.89. The van der Waals surface area contributed by atoms with Crippen LogP contribution in [0.5, 0.6) is 0 Å². The van der Waals surface area contributed by atoms with Gasteiger partial charge in [0, 0.05) is 19.6 Å². The lowest BCUT2D eigenvalue weighted by Crippen LogP contribution is -2.29. The topological polar surface area (TPSA) is 23.5 Å². The highest BCUT2D eigenvalue weighted by Crippen LogP contribution is 2.08. The summed E-state index contributed by atoms with van der Waals surface area (Å²) in [5.41, 5.74) is 3.82. The Labute approximate surface area is 95.3 Å². The van der Waals surface area contributed by atoms with Crippen molar-refractivity contribution in [3.63, 3.8) is 0 Å². The second kappa shape index (κ2) is 6.98. The van der Waals surface area contributed by atoms with Crippen LogP contribution in [0.1, 0.15) is 6.92 Å². The molecule has 0 atom stereocenters. The van der Waals surface area contributed by atoms with Gasteiger partial charge in [0.15, 0.2) is 0 Å². The molecule has 0 aromatic carbocycles. The first kappa shape index (κ1) is 14.6. The number of hydrogen-bond acceptors (Lipinski definition) is 2. The van der Waals surface area contributed by atoms with Crippen molar-refractivity contribution in [3.8, 4) is 0 Å². The van der Waals surface area contributed by atoms with Gasteiger partial charge < -0.3 is 5.11 Å². The van der Waals surface area contributed by atoms with Crippen molar-refractivity contribution >= 4 is 8.07 Å². The van der Waals surface area contributed by atoms with Crippen LogP contribution in [0.25, 0.3) is 0 Å². The molecule has 0 fully saturated rings. The van der Waals surface area contributed by atoms with E-state index in [4.69, 9.17) is 5.11 Å². The molecule has 0 amide bonds. The molecule has 0 spiro atoms. The van der Waals surface area contributed by atoms with E-state index in [9.17, 15) is 0 Å². The maximum Gasteiger partial charge on any atom is 0.0686 e. The van der Waals surface area contributed by atoms with Crippen LogP contribution in [0.3, 0.4) is 0 Å². The number of rotatable bonds is 7. The molecule has 0 aromatic heterocycles. The normalized spacial score (nSPS) is 13.3. The predicted octanol–water partition coefficient (Wildman–Crippen LogP) is 2.29. The molecule has 0 heterocycles. The zero-order chi connectivity index (χ0) is 11.9. The average Bonchev–Trinajstić information content (AvgIpc) is 2.00. The van der Waals surface area contributed by atoms with E-state index < -0.39 is 8.07 Å². The zero-order valence-corrected chi connectivity index (χ0v) is 11.6. The van der Waals surface area contributed by atoms with Crippen LogP contribution in [0.2, 0.25) is 19.6 Å². The lowest BCUT2D eigenvalue weighted by molar-refractivity contribution is 0.218. The highest BCUT2D eigenvalue weighted by atomic mass is 28.3. The SMILES string of the molecule is C=CCN(CCO)C/C(C)=C/[Si](C)(C)C. The number of aliphatic hydroxyl groups is 1. The third-order valence-corrected chi connectivity index (χ3v) is 3.31. The second-order valence-electron chi connectivity index (χ2n) is 5.10. The minimum Gasteiger partial charge on any atom is -0.395 e. The molecule has 15 heavy (non-hydrogen) atoms. The molecule has 0 unspecified atom stereocenters. The van der Waals surface area contributed by atoms with Gasteiger partial charge in [0.2, 0.25) is 0 Å². The average molecular weight is 227 g/mol. The minimum atomic E-state index is -1.11. The Bertz CT molecular complexity index is 218. The summed E-state index contributed by atoms with van der Waals surface area (Å²) in [7, 11) is -1.11. The first-order valence-corrected chi connectivity index (χ1v) is 9.09. The quantitative estimate of drug-likeness (QED) is 0.533. The number of hydrogen-bond donors (Lipinski definition) is 1. The summed E-state index contributed by atoms with van der Waals surface area (Å²) in [5.74, 6) is 0. The van der Waals surface area contributed by atoms with E-state index in [1.807, 2.05) is 6.08 Å². The van der Waals surface area contributed by atoms with Crippen LogP contribution in [0.15, 0.2) is 23.9 Å². The molecule has 2 nitrogen and oxygen atoms in total. The zero-order valence-electron chi connectivity index (χ0n) is 10.6. The van der Waals surface area contributed by atoms with Crippen LogP contribution in [-0.2, 0) is 0 Å². The fraction of sp³-hybridized carbons (Fsp3) is 0.667. The number of aliphatic hydroxyl groups excluding tert-OH is 1. The Kier molecular flexibility index (Phi) is 6.81. The van der Waals surface area contributed by atoms with Crippen LogP contribution in [0, 0.1) is 0 Å². The van der Waals surface area contributed by atoms with Crippen molar-refractivity contribution in [3.05, 3.63) is 23.9 Å². The van der Waals surface area contributed by atoms with Gasteiger partial charge in [-0.2, -0.15) is 0 Å². The van der Waals surface area contributed by atoms with Gasteiger partial charge >= 0.3 is 0 Å². The highest BCUT2D eigenvalue weighted by molar-refractivity contribution is 6.81. The lowest BCUT2D eigenvalue weighted by atomic mass is 10.3. The molecule has 0 saturated heterocycles. The molecule has 0 rings (SSSR count). The van der Waals surface area contributed by atoms with Crippen molar-refractivity contribution in [2.45, 2.75) is 26.6 Å². The maximum atomic E-state index is 8.92. The molecular formula is C12H25NOSi.